The lowest BCUT2D eigenvalue weighted by molar-refractivity contribution is -0.179. The largest absolute Gasteiger partial charge is 0.481 e. The zero-order valence-corrected chi connectivity index (χ0v) is 13.1. The molecular weight excluding hydrogens is 434 g/mol. The van der Waals surface area contributed by atoms with Crippen LogP contribution in [-0.4, -0.2) is 28.6 Å². The van der Waals surface area contributed by atoms with Crippen molar-refractivity contribution < 1.29 is 15.0 Å². The lowest BCUT2D eigenvalue weighted by Gasteiger charge is -2.64. The van der Waals surface area contributed by atoms with E-state index in [9.17, 15) is 15.0 Å². The van der Waals surface area contributed by atoms with Gasteiger partial charge in [-0.2, -0.15) is 0 Å². The maximum Gasteiger partial charge on any atom is 0.309 e. The first-order valence-electron chi connectivity index (χ1n) is 5.52. The Morgan fingerprint density at radius 1 is 0.938 bits per heavy atom. The molecule has 16 heavy (non-hydrogen) atoms. The predicted molar refractivity (Wildman–Crippen MR) is 76.2 cm³/mol. The second-order valence-electron chi connectivity index (χ2n) is 6.17. The van der Waals surface area contributed by atoms with E-state index in [1.54, 1.807) is 0 Å². The summed E-state index contributed by atoms with van der Waals surface area (Å²) in [5.74, 6) is -0.702. The molecule has 2 unspecified atom stereocenters. The van der Waals surface area contributed by atoms with Crippen LogP contribution in [0.25, 0.3) is 0 Å². The highest BCUT2D eigenvalue weighted by Crippen LogP contribution is 2.69. The van der Waals surface area contributed by atoms with Crippen molar-refractivity contribution in [3.63, 3.8) is 0 Å². The number of aliphatic carboxylic acids is 1. The maximum atomic E-state index is 11.6. The van der Waals surface area contributed by atoms with Gasteiger partial charge in [-0.3, -0.25) is 4.79 Å². The van der Waals surface area contributed by atoms with Crippen LogP contribution in [-0.2, 0) is 4.79 Å². The van der Waals surface area contributed by atoms with Crippen molar-refractivity contribution in [3.05, 3.63) is 0 Å². The number of halogens is 2. The molecule has 0 saturated heterocycles. The summed E-state index contributed by atoms with van der Waals surface area (Å²) in [6.07, 6.45) is 4.55. The Kier molecular flexibility index (Phi) is 2.29. The van der Waals surface area contributed by atoms with Crippen LogP contribution in [0, 0.1) is 5.41 Å². The third kappa shape index (κ3) is 1.56. The molecule has 4 rings (SSSR count). The third-order valence-electron chi connectivity index (χ3n) is 4.36. The zero-order valence-electron chi connectivity index (χ0n) is 8.80. The molecular formula is C11H14I2O3. The van der Waals surface area contributed by atoms with Crippen molar-refractivity contribution in [2.24, 2.45) is 5.41 Å². The van der Waals surface area contributed by atoms with Crippen LogP contribution in [0.1, 0.15) is 38.5 Å². The third-order valence-corrected chi connectivity index (χ3v) is 6.65. The van der Waals surface area contributed by atoms with Gasteiger partial charge in [0.25, 0.3) is 0 Å². The molecule has 0 aromatic heterocycles. The van der Waals surface area contributed by atoms with Crippen LogP contribution in [0.15, 0.2) is 0 Å². The number of rotatable bonds is 1. The Morgan fingerprint density at radius 2 is 1.44 bits per heavy atom. The first-order valence-corrected chi connectivity index (χ1v) is 7.68. The van der Waals surface area contributed by atoms with Gasteiger partial charge in [0.2, 0.25) is 0 Å². The molecule has 0 heterocycles. The molecule has 90 valence electrons. The summed E-state index contributed by atoms with van der Waals surface area (Å²) in [5, 5.41) is 20.1. The second-order valence-corrected chi connectivity index (χ2v) is 10.7. The highest BCUT2D eigenvalue weighted by atomic mass is 127. The van der Waals surface area contributed by atoms with Crippen molar-refractivity contribution in [2.75, 3.05) is 0 Å². The minimum atomic E-state index is -0.727. The Labute approximate surface area is 122 Å². The standard InChI is InChI=1S/C11H14I2O3/c12-9-1-8(7(14)15)2-10(13,4-9)6-11(16,3-8)5-9/h16H,1-6H2,(H,14,15). The van der Waals surface area contributed by atoms with Crippen molar-refractivity contribution in [2.45, 2.75) is 51.0 Å². The number of carboxylic acids is 1. The van der Waals surface area contributed by atoms with E-state index in [0.29, 0.717) is 6.42 Å². The molecule has 0 radical (unpaired) electrons. The second kappa shape index (κ2) is 3.07. The van der Waals surface area contributed by atoms with E-state index < -0.39 is 17.0 Å². The minimum absolute atomic E-state index is 0.000833. The molecule has 0 spiro atoms. The van der Waals surface area contributed by atoms with Gasteiger partial charge in [-0.15, -0.1) is 0 Å². The van der Waals surface area contributed by atoms with Gasteiger partial charge in [0.15, 0.2) is 0 Å². The first kappa shape index (κ1) is 12.0. The van der Waals surface area contributed by atoms with Gasteiger partial charge in [0.1, 0.15) is 0 Å². The highest BCUT2D eigenvalue weighted by Gasteiger charge is 2.69. The monoisotopic (exact) mass is 448 g/mol. The topological polar surface area (TPSA) is 57.5 Å². The van der Waals surface area contributed by atoms with E-state index >= 15 is 0 Å². The molecule has 5 heteroatoms. The molecule has 0 amide bonds. The fraction of sp³-hybridized carbons (Fsp3) is 0.909. The molecule has 3 nitrogen and oxygen atoms in total. The quantitative estimate of drug-likeness (QED) is 0.479. The summed E-state index contributed by atoms with van der Waals surface area (Å²) in [6.45, 7) is 0. The lowest BCUT2D eigenvalue weighted by Crippen LogP contribution is -2.67. The van der Waals surface area contributed by atoms with Crippen LogP contribution in [0.5, 0.6) is 0 Å². The van der Waals surface area contributed by atoms with Crippen molar-refractivity contribution >= 4 is 51.2 Å². The van der Waals surface area contributed by atoms with E-state index in [4.69, 9.17) is 0 Å². The summed E-state index contributed by atoms with van der Waals surface area (Å²) >= 11 is 4.80. The Morgan fingerprint density at radius 3 is 1.81 bits per heavy atom. The molecule has 4 fully saturated rings. The Balaban J connectivity index is 2.11. The molecule has 4 aliphatic carbocycles. The fourth-order valence-electron chi connectivity index (χ4n) is 4.57. The number of hydrogen-bond donors (Lipinski definition) is 2. The summed E-state index contributed by atoms with van der Waals surface area (Å²) in [5.41, 5.74) is -1.39. The zero-order chi connectivity index (χ0) is 11.8. The van der Waals surface area contributed by atoms with Crippen LogP contribution < -0.4 is 0 Å². The van der Waals surface area contributed by atoms with Gasteiger partial charge >= 0.3 is 5.97 Å². The summed E-state index contributed by atoms with van der Waals surface area (Å²) in [4.78, 5) is 11.6. The highest BCUT2D eigenvalue weighted by molar-refractivity contribution is 14.1. The van der Waals surface area contributed by atoms with E-state index in [1.165, 1.54) is 0 Å². The van der Waals surface area contributed by atoms with E-state index in [1.807, 2.05) is 0 Å². The molecule has 4 saturated carbocycles. The average molecular weight is 448 g/mol. The van der Waals surface area contributed by atoms with Crippen molar-refractivity contribution in [1.82, 2.24) is 0 Å². The van der Waals surface area contributed by atoms with Gasteiger partial charge in [-0.05, 0) is 38.5 Å². The SMILES string of the molecule is O=C(O)C12CC3(O)CC(I)(CC(I)(C3)C1)C2. The van der Waals surface area contributed by atoms with Gasteiger partial charge in [0, 0.05) is 6.84 Å². The van der Waals surface area contributed by atoms with E-state index in [-0.39, 0.29) is 6.84 Å². The average Bonchev–Trinajstić information content (AvgIpc) is 1.92. The molecule has 2 atom stereocenters. The number of aliphatic hydroxyl groups is 1. The molecule has 0 aromatic carbocycles. The smallest absolute Gasteiger partial charge is 0.309 e. The normalized spacial score (nSPS) is 58.9. The van der Waals surface area contributed by atoms with Gasteiger partial charge in [0.05, 0.1) is 11.0 Å². The van der Waals surface area contributed by atoms with Gasteiger partial charge in [-0.25, -0.2) is 0 Å². The Bertz CT molecular complexity index is 328. The van der Waals surface area contributed by atoms with Crippen LogP contribution in [0.2, 0.25) is 0 Å². The van der Waals surface area contributed by atoms with Gasteiger partial charge < -0.3 is 10.2 Å². The molecule has 4 aliphatic rings. The van der Waals surface area contributed by atoms with Crippen molar-refractivity contribution in [1.29, 1.82) is 0 Å². The lowest BCUT2D eigenvalue weighted by atomic mass is 9.48. The summed E-state index contributed by atoms with van der Waals surface area (Å²) < 4.78 is 0.00167. The van der Waals surface area contributed by atoms with Gasteiger partial charge in [-0.1, -0.05) is 45.2 Å². The minimum Gasteiger partial charge on any atom is -0.481 e. The van der Waals surface area contributed by atoms with Crippen LogP contribution >= 0.6 is 45.2 Å². The van der Waals surface area contributed by atoms with Crippen LogP contribution in [0.3, 0.4) is 0 Å². The molecule has 0 aromatic rings. The van der Waals surface area contributed by atoms with E-state index in [2.05, 4.69) is 45.2 Å². The molecule has 4 bridgehead atoms. The fourth-order valence-corrected chi connectivity index (χ4v) is 9.64. The van der Waals surface area contributed by atoms with Crippen LogP contribution in [0.4, 0.5) is 0 Å². The van der Waals surface area contributed by atoms with Crippen molar-refractivity contribution in [3.8, 4) is 0 Å². The number of alkyl halides is 2. The number of carbonyl (C=O) groups is 1. The first-order chi connectivity index (χ1) is 7.19. The summed E-state index contributed by atoms with van der Waals surface area (Å²) in [7, 11) is 0. The maximum absolute atomic E-state index is 11.6. The summed E-state index contributed by atoms with van der Waals surface area (Å²) in [6, 6.07) is 0. The Hall–Kier alpha value is 0.890. The molecule has 2 N–H and O–H groups in total. The number of hydrogen-bond acceptors (Lipinski definition) is 2. The van der Waals surface area contributed by atoms with E-state index in [0.717, 1.165) is 32.1 Å². The molecule has 0 aliphatic heterocycles. The predicted octanol–water partition coefficient (Wildman–Crippen LogP) is 2.52. The number of carboxylic acid groups (broad SMARTS) is 1.